The van der Waals surface area contributed by atoms with Crippen LogP contribution in [-0.2, 0) is 19.1 Å². The molecule has 1 aromatic carbocycles. The zero-order chi connectivity index (χ0) is 19.1. The predicted octanol–water partition coefficient (Wildman–Crippen LogP) is 5.16. The Morgan fingerprint density at radius 1 is 0.778 bits per heavy atom. The molecule has 4 nitrogen and oxygen atoms in total. The second-order valence-corrected chi connectivity index (χ2v) is 8.07. The first-order valence-corrected chi connectivity index (χ1v) is 10.6. The second-order valence-electron chi connectivity index (χ2n) is 8.07. The van der Waals surface area contributed by atoms with E-state index in [0.29, 0.717) is 0 Å². The van der Waals surface area contributed by atoms with Crippen molar-refractivity contribution in [1.82, 2.24) is 0 Å². The normalized spacial score (nSPS) is 20.2. The van der Waals surface area contributed by atoms with Crippen LogP contribution < -0.4 is 0 Å². The molecule has 0 aliphatic heterocycles. The van der Waals surface area contributed by atoms with Crippen molar-refractivity contribution in [2.45, 2.75) is 89.3 Å². The number of hydrogen-bond donors (Lipinski definition) is 0. The Kier molecular flexibility index (Phi) is 7.31. The lowest BCUT2D eigenvalue weighted by molar-refractivity contribution is -0.170. The second kappa shape index (κ2) is 9.91. The number of carbonyl (C=O) groups is 2. The summed E-state index contributed by atoms with van der Waals surface area (Å²) in [5.41, 5.74) is 0.962. The van der Waals surface area contributed by atoms with Crippen molar-refractivity contribution in [3.05, 3.63) is 35.9 Å². The first kappa shape index (κ1) is 19.9. The van der Waals surface area contributed by atoms with Crippen LogP contribution in [0, 0.1) is 5.92 Å². The molecule has 0 radical (unpaired) electrons. The van der Waals surface area contributed by atoms with Gasteiger partial charge in [0.2, 0.25) is 0 Å². The van der Waals surface area contributed by atoms with Crippen molar-refractivity contribution >= 4 is 11.9 Å². The van der Waals surface area contributed by atoms with Crippen LogP contribution in [0.15, 0.2) is 30.3 Å². The minimum absolute atomic E-state index is 0.0563. The smallest absolute Gasteiger partial charge is 0.321 e. The highest BCUT2D eigenvalue weighted by atomic mass is 16.6. The van der Waals surface area contributed by atoms with Gasteiger partial charge in [0.25, 0.3) is 0 Å². The average molecular weight is 373 g/mol. The molecule has 0 saturated heterocycles. The first-order valence-electron chi connectivity index (χ1n) is 10.6. The van der Waals surface area contributed by atoms with Gasteiger partial charge in [0.15, 0.2) is 5.92 Å². The highest BCUT2D eigenvalue weighted by Gasteiger charge is 2.38. The Morgan fingerprint density at radius 3 is 1.67 bits per heavy atom. The summed E-state index contributed by atoms with van der Waals surface area (Å²) in [4.78, 5) is 26.0. The number of rotatable bonds is 6. The third-order valence-electron chi connectivity index (χ3n) is 6.00. The Labute approximate surface area is 162 Å². The summed E-state index contributed by atoms with van der Waals surface area (Å²) in [7, 11) is 0. The third-order valence-corrected chi connectivity index (χ3v) is 6.00. The standard InChI is InChI=1S/C23H32O4/c1-17(18-11-5-2-6-12-18)21(22(24)26-19-13-7-3-8-14-19)23(25)27-20-15-9-4-10-16-20/h2,5-6,11-12,17,19-21H,3-4,7-10,13-16H2,1H3. The summed E-state index contributed by atoms with van der Waals surface area (Å²) >= 11 is 0. The molecule has 1 aromatic rings. The molecular formula is C23H32O4. The monoisotopic (exact) mass is 372 g/mol. The average Bonchev–Trinajstić information content (AvgIpc) is 2.70. The van der Waals surface area contributed by atoms with Crippen LogP contribution in [0.3, 0.4) is 0 Å². The van der Waals surface area contributed by atoms with Crippen LogP contribution in [0.2, 0.25) is 0 Å². The van der Waals surface area contributed by atoms with Crippen molar-refractivity contribution < 1.29 is 19.1 Å². The number of benzene rings is 1. The van der Waals surface area contributed by atoms with Gasteiger partial charge in [-0.1, -0.05) is 50.1 Å². The summed E-state index contributed by atoms with van der Waals surface area (Å²) < 4.78 is 11.5. The third kappa shape index (κ3) is 5.57. The zero-order valence-corrected chi connectivity index (χ0v) is 16.4. The van der Waals surface area contributed by atoms with Crippen LogP contribution in [-0.4, -0.2) is 24.1 Å². The van der Waals surface area contributed by atoms with E-state index in [1.54, 1.807) is 0 Å². The lowest BCUT2D eigenvalue weighted by Gasteiger charge is -2.29. The van der Waals surface area contributed by atoms with E-state index < -0.39 is 17.9 Å². The molecule has 148 valence electrons. The molecule has 1 atom stereocenters. The Morgan fingerprint density at radius 2 is 1.22 bits per heavy atom. The van der Waals surface area contributed by atoms with Gasteiger partial charge in [0.05, 0.1) is 0 Å². The van der Waals surface area contributed by atoms with Gasteiger partial charge < -0.3 is 9.47 Å². The maximum atomic E-state index is 13.0. The Hall–Kier alpha value is -1.84. The van der Waals surface area contributed by atoms with E-state index in [2.05, 4.69) is 0 Å². The van der Waals surface area contributed by atoms with Gasteiger partial charge in [-0.25, -0.2) is 0 Å². The summed E-state index contributed by atoms with van der Waals surface area (Å²) in [5, 5.41) is 0. The highest BCUT2D eigenvalue weighted by molar-refractivity contribution is 5.96. The summed E-state index contributed by atoms with van der Waals surface area (Å²) in [5.74, 6) is -1.99. The quantitative estimate of drug-likeness (QED) is 0.511. The molecule has 0 amide bonds. The molecule has 3 rings (SSSR count). The van der Waals surface area contributed by atoms with Crippen LogP contribution in [0.5, 0.6) is 0 Å². The van der Waals surface area contributed by atoms with Crippen LogP contribution in [0.4, 0.5) is 0 Å². The van der Waals surface area contributed by atoms with E-state index in [0.717, 1.165) is 56.9 Å². The molecule has 0 aromatic heterocycles. The highest BCUT2D eigenvalue weighted by Crippen LogP contribution is 2.30. The molecule has 2 aliphatic rings. The van der Waals surface area contributed by atoms with E-state index >= 15 is 0 Å². The van der Waals surface area contributed by atoms with E-state index in [1.165, 1.54) is 12.8 Å². The number of ether oxygens (including phenoxy) is 2. The van der Waals surface area contributed by atoms with Gasteiger partial charge >= 0.3 is 11.9 Å². The van der Waals surface area contributed by atoms with Gasteiger partial charge in [-0.05, 0) is 56.9 Å². The summed E-state index contributed by atoms with van der Waals surface area (Å²) in [6, 6.07) is 9.72. The van der Waals surface area contributed by atoms with Crippen molar-refractivity contribution in [3.8, 4) is 0 Å². The number of carbonyl (C=O) groups excluding carboxylic acids is 2. The van der Waals surface area contributed by atoms with Gasteiger partial charge in [-0.15, -0.1) is 0 Å². The SMILES string of the molecule is CC(c1ccccc1)C(C(=O)OC1CCCCC1)C(=O)OC1CCCCC1. The van der Waals surface area contributed by atoms with Crippen molar-refractivity contribution in [3.63, 3.8) is 0 Å². The molecule has 27 heavy (non-hydrogen) atoms. The molecule has 0 spiro atoms. The van der Waals surface area contributed by atoms with Crippen molar-refractivity contribution in [2.75, 3.05) is 0 Å². The molecular weight excluding hydrogens is 340 g/mol. The fraction of sp³-hybridized carbons (Fsp3) is 0.652. The minimum Gasteiger partial charge on any atom is -0.462 e. The lowest BCUT2D eigenvalue weighted by Crippen LogP contribution is -2.37. The molecule has 0 heterocycles. The maximum absolute atomic E-state index is 13.0. The fourth-order valence-electron chi connectivity index (χ4n) is 4.29. The van der Waals surface area contributed by atoms with Crippen LogP contribution in [0.25, 0.3) is 0 Å². The van der Waals surface area contributed by atoms with Crippen molar-refractivity contribution in [1.29, 1.82) is 0 Å². The molecule has 2 fully saturated rings. The molecule has 2 saturated carbocycles. The van der Waals surface area contributed by atoms with Crippen molar-refractivity contribution in [2.24, 2.45) is 5.92 Å². The number of hydrogen-bond acceptors (Lipinski definition) is 4. The fourth-order valence-corrected chi connectivity index (χ4v) is 4.29. The summed E-state index contributed by atoms with van der Waals surface area (Å²) in [6.07, 6.45) is 10.2. The summed E-state index contributed by atoms with van der Waals surface area (Å²) in [6.45, 7) is 1.92. The molecule has 2 aliphatic carbocycles. The Balaban J connectivity index is 1.72. The first-order chi connectivity index (χ1) is 13.1. The topological polar surface area (TPSA) is 52.6 Å². The van der Waals surface area contributed by atoms with E-state index in [1.807, 2.05) is 37.3 Å². The number of esters is 2. The van der Waals surface area contributed by atoms with Crippen LogP contribution in [0.1, 0.15) is 82.6 Å². The van der Waals surface area contributed by atoms with Gasteiger partial charge in [0, 0.05) is 5.92 Å². The maximum Gasteiger partial charge on any atom is 0.321 e. The lowest BCUT2D eigenvalue weighted by atomic mass is 9.87. The molecule has 0 N–H and O–H groups in total. The largest absolute Gasteiger partial charge is 0.462 e. The molecule has 0 bridgehead atoms. The van der Waals surface area contributed by atoms with Gasteiger partial charge in [0.1, 0.15) is 12.2 Å². The van der Waals surface area contributed by atoms with Crippen LogP contribution >= 0.6 is 0 Å². The molecule has 1 unspecified atom stereocenters. The van der Waals surface area contributed by atoms with E-state index in [9.17, 15) is 9.59 Å². The van der Waals surface area contributed by atoms with Gasteiger partial charge in [-0.3, -0.25) is 9.59 Å². The minimum atomic E-state index is -0.892. The Bertz CT molecular complexity index is 568. The zero-order valence-electron chi connectivity index (χ0n) is 16.4. The molecule has 4 heteroatoms. The van der Waals surface area contributed by atoms with E-state index in [4.69, 9.17) is 9.47 Å². The van der Waals surface area contributed by atoms with E-state index in [-0.39, 0.29) is 18.1 Å². The van der Waals surface area contributed by atoms with Gasteiger partial charge in [-0.2, -0.15) is 0 Å². The predicted molar refractivity (Wildman–Crippen MR) is 104 cm³/mol.